The number of benzene rings is 1. The number of rotatable bonds is 7. The highest BCUT2D eigenvalue weighted by Crippen LogP contribution is 2.17. The summed E-state index contributed by atoms with van der Waals surface area (Å²) in [6.07, 6.45) is -0.126. The highest BCUT2D eigenvalue weighted by Gasteiger charge is 2.11. The molecule has 0 aliphatic heterocycles. The van der Waals surface area contributed by atoms with Gasteiger partial charge in [-0.05, 0) is 30.7 Å². The van der Waals surface area contributed by atoms with Gasteiger partial charge in [0.05, 0.1) is 0 Å². The van der Waals surface area contributed by atoms with Gasteiger partial charge in [-0.15, -0.1) is 5.10 Å². The zero-order valence-corrected chi connectivity index (χ0v) is 14.3. The molecule has 0 saturated heterocycles. The van der Waals surface area contributed by atoms with E-state index in [1.165, 1.54) is 46.2 Å². The molecule has 0 fully saturated rings. The Hall–Kier alpha value is -2.52. The van der Waals surface area contributed by atoms with Gasteiger partial charge < -0.3 is 15.2 Å². The summed E-state index contributed by atoms with van der Waals surface area (Å²) in [7, 11) is 0. The van der Waals surface area contributed by atoms with Gasteiger partial charge in [-0.1, -0.05) is 18.3 Å². The van der Waals surface area contributed by atoms with Gasteiger partial charge in [0.1, 0.15) is 24.3 Å². The molecule has 2 aromatic heterocycles. The first-order chi connectivity index (χ1) is 12.0. The van der Waals surface area contributed by atoms with Crippen molar-refractivity contribution in [1.82, 2.24) is 14.6 Å². The number of nitrogens with zero attached hydrogens (tertiary/aromatic N) is 3. The second kappa shape index (κ2) is 7.58. The predicted molar refractivity (Wildman–Crippen MR) is 92.9 cm³/mol. The number of anilines is 1. The number of hydrogen-bond acceptors (Lipinski definition) is 7. The van der Waals surface area contributed by atoms with E-state index in [2.05, 4.69) is 15.4 Å². The fraction of sp³-hybridized carbons (Fsp3) is 0.312. The highest BCUT2D eigenvalue weighted by atomic mass is 32.1. The van der Waals surface area contributed by atoms with Crippen LogP contribution in [0.15, 0.2) is 35.1 Å². The molecule has 9 heteroatoms. The minimum Gasteiger partial charge on any atom is -0.491 e. The maximum absolute atomic E-state index is 12.8. The van der Waals surface area contributed by atoms with E-state index in [-0.39, 0.29) is 24.5 Å². The zero-order valence-electron chi connectivity index (χ0n) is 13.5. The quantitative estimate of drug-likeness (QED) is 0.663. The van der Waals surface area contributed by atoms with Gasteiger partial charge in [-0.25, -0.2) is 9.37 Å². The second-order valence-electron chi connectivity index (χ2n) is 5.34. The van der Waals surface area contributed by atoms with E-state index in [0.717, 1.165) is 0 Å². The first kappa shape index (κ1) is 17.3. The molecule has 7 nitrogen and oxygen atoms in total. The summed E-state index contributed by atoms with van der Waals surface area (Å²) in [5.74, 6) is 0.128. The minimum atomic E-state index is -0.798. The molecule has 1 unspecified atom stereocenters. The van der Waals surface area contributed by atoms with Gasteiger partial charge in [0.2, 0.25) is 10.1 Å². The van der Waals surface area contributed by atoms with E-state index < -0.39 is 6.10 Å². The summed E-state index contributed by atoms with van der Waals surface area (Å²) in [5, 5.41) is 17.6. The number of ether oxygens (including phenoxy) is 1. The van der Waals surface area contributed by atoms with E-state index in [4.69, 9.17) is 4.74 Å². The van der Waals surface area contributed by atoms with Gasteiger partial charge >= 0.3 is 0 Å². The lowest BCUT2D eigenvalue weighted by molar-refractivity contribution is 0.117. The molecule has 3 rings (SSSR count). The molecule has 2 N–H and O–H groups in total. The van der Waals surface area contributed by atoms with Crippen molar-refractivity contribution < 1.29 is 14.2 Å². The van der Waals surface area contributed by atoms with Crippen LogP contribution in [-0.4, -0.2) is 39.0 Å². The molecule has 1 atom stereocenters. The van der Waals surface area contributed by atoms with E-state index in [9.17, 15) is 14.3 Å². The number of aliphatic hydroxyl groups is 1. The van der Waals surface area contributed by atoms with Crippen molar-refractivity contribution >= 4 is 21.4 Å². The Kier molecular flexibility index (Phi) is 5.25. The smallest absolute Gasteiger partial charge is 0.275 e. The summed E-state index contributed by atoms with van der Waals surface area (Å²) >= 11 is 1.24. The Morgan fingerprint density at radius 3 is 2.88 bits per heavy atom. The molecule has 0 radical (unpaired) electrons. The molecule has 2 heterocycles. The SMILES string of the molecule is CCc1cc(=O)n2nc(NCC(O)COc3ccc(F)cc3)sc2n1. The largest absolute Gasteiger partial charge is 0.491 e. The van der Waals surface area contributed by atoms with Crippen molar-refractivity contribution in [2.24, 2.45) is 0 Å². The lowest BCUT2D eigenvalue weighted by Crippen LogP contribution is -2.26. The Bertz CT molecular complexity index is 910. The standard InChI is InChI=1S/C16H17FN4O3S/c1-2-11-7-14(23)21-16(19-11)25-15(20-21)18-8-12(22)9-24-13-5-3-10(17)4-6-13/h3-7,12,22H,2,8-9H2,1H3,(H,18,20). The number of aryl methyl sites for hydroxylation is 1. The third kappa shape index (κ3) is 4.31. The number of aromatic nitrogens is 3. The van der Waals surface area contributed by atoms with Crippen molar-refractivity contribution in [3.63, 3.8) is 0 Å². The molecule has 0 bridgehead atoms. The number of halogens is 1. The van der Waals surface area contributed by atoms with Crippen molar-refractivity contribution in [2.75, 3.05) is 18.5 Å². The topological polar surface area (TPSA) is 88.8 Å². The predicted octanol–water partition coefficient (Wildman–Crippen LogP) is 1.70. The maximum Gasteiger partial charge on any atom is 0.275 e. The van der Waals surface area contributed by atoms with E-state index >= 15 is 0 Å². The van der Waals surface area contributed by atoms with Crippen LogP contribution >= 0.6 is 11.3 Å². The third-order valence-electron chi connectivity index (χ3n) is 3.41. The van der Waals surface area contributed by atoms with Crippen LogP contribution in [0.2, 0.25) is 0 Å². The second-order valence-corrected chi connectivity index (χ2v) is 6.30. The monoisotopic (exact) mass is 364 g/mol. The molecule has 132 valence electrons. The van der Waals surface area contributed by atoms with Crippen LogP contribution in [0.4, 0.5) is 9.52 Å². The van der Waals surface area contributed by atoms with Crippen molar-refractivity contribution in [2.45, 2.75) is 19.4 Å². The molecule has 1 aromatic carbocycles. The molecular formula is C16H17FN4O3S. The Morgan fingerprint density at radius 1 is 1.40 bits per heavy atom. The molecule has 3 aromatic rings. The molecular weight excluding hydrogens is 347 g/mol. The summed E-state index contributed by atoms with van der Waals surface area (Å²) in [6, 6.07) is 7.02. The van der Waals surface area contributed by atoms with Crippen molar-refractivity contribution in [3.8, 4) is 5.75 Å². The summed E-state index contributed by atoms with van der Waals surface area (Å²) in [6.45, 7) is 2.16. The van der Waals surface area contributed by atoms with Crippen LogP contribution in [0.5, 0.6) is 5.75 Å². The first-order valence-corrected chi connectivity index (χ1v) is 8.57. The summed E-state index contributed by atoms with van der Waals surface area (Å²) < 4.78 is 19.4. The van der Waals surface area contributed by atoms with Gasteiger partial charge in [-0.3, -0.25) is 4.79 Å². The Morgan fingerprint density at radius 2 is 2.16 bits per heavy atom. The number of nitrogens with one attached hydrogen (secondary N) is 1. The fourth-order valence-electron chi connectivity index (χ4n) is 2.10. The molecule has 0 amide bonds. The first-order valence-electron chi connectivity index (χ1n) is 7.75. The van der Waals surface area contributed by atoms with Crippen LogP contribution in [0.1, 0.15) is 12.6 Å². The lowest BCUT2D eigenvalue weighted by Gasteiger charge is -2.12. The molecule has 25 heavy (non-hydrogen) atoms. The Labute approximate surface area is 146 Å². The minimum absolute atomic E-state index is 0.0434. The average molecular weight is 364 g/mol. The third-order valence-corrected chi connectivity index (χ3v) is 4.27. The van der Waals surface area contributed by atoms with Gasteiger partial charge in [0.25, 0.3) is 5.56 Å². The Balaban J connectivity index is 1.57. The summed E-state index contributed by atoms with van der Waals surface area (Å²) in [4.78, 5) is 16.8. The van der Waals surface area contributed by atoms with E-state index in [1.54, 1.807) is 0 Å². The van der Waals surface area contributed by atoms with E-state index in [0.29, 0.717) is 28.0 Å². The molecule has 0 aliphatic rings. The van der Waals surface area contributed by atoms with Crippen LogP contribution in [0, 0.1) is 5.82 Å². The van der Waals surface area contributed by atoms with Crippen LogP contribution in [0.25, 0.3) is 4.96 Å². The maximum atomic E-state index is 12.8. The van der Waals surface area contributed by atoms with Crippen LogP contribution < -0.4 is 15.6 Å². The number of fused-ring (bicyclic) bond motifs is 1. The fourth-order valence-corrected chi connectivity index (χ4v) is 2.93. The van der Waals surface area contributed by atoms with Crippen molar-refractivity contribution in [1.29, 1.82) is 0 Å². The van der Waals surface area contributed by atoms with Crippen molar-refractivity contribution in [3.05, 3.63) is 52.2 Å². The van der Waals surface area contributed by atoms with Crippen LogP contribution in [0.3, 0.4) is 0 Å². The highest BCUT2D eigenvalue weighted by molar-refractivity contribution is 7.20. The van der Waals surface area contributed by atoms with Gasteiger partial charge in [0, 0.05) is 18.3 Å². The normalized spacial score (nSPS) is 12.3. The molecule has 0 aliphatic carbocycles. The summed E-state index contributed by atoms with van der Waals surface area (Å²) in [5.41, 5.74) is 0.485. The zero-order chi connectivity index (χ0) is 17.8. The number of aliphatic hydroxyl groups excluding tert-OH is 1. The number of hydrogen-bond donors (Lipinski definition) is 2. The average Bonchev–Trinajstić information content (AvgIpc) is 3.03. The van der Waals surface area contributed by atoms with E-state index in [1.807, 2.05) is 6.92 Å². The molecule has 0 spiro atoms. The molecule has 0 saturated carbocycles. The lowest BCUT2D eigenvalue weighted by atomic mass is 10.3. The van der Waals surface area contributed by atoms with Crippen LogP contribution in [-0.2, 0) is 6.42 Å². The van der Waals surface area contributed by atoms with Gasteiger partial charge in [-0.2, -0.15) is 4.52 Å². The van der Waals surface area contributed by atoms with Gasteiger partial charge in [0.15, 0.2) is 0 Å².